The van der Waals surface area contributed by atoms with Gasteiger partial charge in [0.05, 0.1) is 22.0 Å². The van der Waals surface area contributed by atoms with Gasteiger partial charge in [0.1, 0.15) is 5.01 Å². The fraction of sp³-hybridized carbons (Fsp3) is 0. The van der Waals surface area contributed by atoms with Crippen LogP contribution in [0.4, 0.5) is 17.2 Å². The molecule has 160 valence electrons. The molecule has 2 aromatic carbocycles. The summed E-state index contributed by atoms with van der Waals surface area (Å²) in [6, 6.07) is 23.5. The lowest BCUT2D eigenvalue weighted by molar-refractivity contribution is -0.384. The first-order chi connectivity index (χ1) is 16.2. The fourth-order valence-electron chi connectivity index (χ4n) is 3.25. The molecule has 1 N–H and O–H groups in total. The minimum absolute atomic E-state index is 0.0153. The highest BCUT2D eigenvalue weighted by Gasteiger charge is 2.10. The summed E-state index contributed by atoms with van der Waals surface area (Å²) in [6.07, 6.45) is 1.76. The molecule has 33 heavy (non-hydrogen) atoms. The van der Waals surface area contributed by atoms with E-state index in [1.165, 1.54) is 12.1 Å². The molecule has 0 aliphatic rings. The highest BCUT2D eigenvalue weighted by atomic mass is 32.1. The van der Waals surface area contributed by atoms with Crippen LogP contribution in [0, 0.1) is 10.1 Å². The molecular weight excluding hydrogens is 436 g/mol. The lowest BCUT2D eigenvalue weighted by atomic mass is 10.1. The van der Waals surface area contributed by atoms with Crippen LogP contribution in [0.3, 0.4) is 0 Å². The van der Waals surface area contributed by atoms with Gasteiger partial charge in [0.25, 0.3) is 5.69 Å². The van der Waals surface area contributed by atoms with E-state index >= 15 is 0 Å². The van der Waals surface area contributed by atoms with Gasteiger partial charge in [0.2, 0.25) is 0 Å². The molecule has 0 saturated carbocycles. The van der Waals surface area contributed by atoms with Crippen LogP contribution >= 0.6 is 11.3 Å². The van der Waals surface area contributed by atoms with Crippen molar-refractivity contribution >= 4 is 28.5 Å². The van der Waals surface area contributed by atoms with Gasteiger partial charge in [-0.25, -0.2) is 4.98 Å². The van der Waals surface area contributed by atoms with Crippen LogP contribution in [-0.4, -0.2) is 25.1 Å². The molecule has 0 amide bonds. The van der Waals surface area contributed by atoms with Crippen LogP contribution in [0.1, 0.15) is 0 Å². The Morgan fingerprint density at radius 3 is 2.42 bits per heavy atom. The number of pyridine rings is 1. The summed E-state index contributed by atoms with van der Waals surface area (Å²) < 4.78 is 0. The van der Waals surface area contributed by atoms with Gasteiger partial charge in [-0.2, -0.15) is 0 Å². The number of hydrogen-bond acceptors (Lipinski definition) is 8. The van der Waals surface area contributed by atoms with Crippen LogP contribution < -0.4 is 5.32 Å². The fourth-order valence-corrected chi connectivity index (χ4v) is 4.05. The van der Waals surface area contributed by atoms with Crippen molar-refractivity contribution in [1.82, 2.24) is 20.2 Å². The van der Waals surface area contributed by atoms with Crippen LogP contribution in [0.2, 0.25) is 0 Å². The first kappa shape index (κ1) is 20.4. The molecule has 3 aromatic heterocycles. The molecule has 0 fully saturated rings. The van der Waals surface area contributed by atoms with E-state index in [0.717, 1.165) is 27.6 Å². The van der Waals surface area contributed by atoms with Crippen LogP contribution in [0.5, 0.6) is 0 Å². The first-order valence-electron chi connectivity index (χ1n) is 9.99. The molecule has 0 aliphatic carbocycles. The zero-order chi connectivity index (χ0) is 22.6. The second-order valence-electron chi connectivity index (χ2n) is 7.07. The summed E-state index contributed by atoms with van der Waals surface area (Å²) in [4.78, 5) is 19.6. The summed E-state index contributed by atoms with van der Waals surface area (Å²) in [7, 11) is 0. The van der Waals surface area contributed by atoms with Crippen molar-refractivity contribution in [2.75, 3.05) is 5.32 Å². The van der Waals surface area contributed by atoms with Crippen molar-refractivity contribution < 1.29 is 4.92 Å². The second kappa shape index (κ2) is 8.93. The largest absolute Gasteiger partial charge is 0.339 e. The zero-order valence-corrected chi connectivity index (χ0v) is 17.9. The van der Waals surface area contributed by atoms with Gasteiger partial charge in [-0.05, 0) is 36.4 Å². The number of nitro benzene ring substituents is 1. The van der Waals surface area contributed by atoms with Crippen molar-refractivity contribution in [2.45, 2.75) is 0 Å². The van der Waals surface area contributed by atoms with E-state index in [0.29, 0.717) is 17.1 Å². The maximum atomic E-state index is 11.0. The molecule has 0 radical (unpaired) electrons. The van der Waals surface area contributed by atoms with Crippen molar-refractivity contribution in [1.29, 1.82) is 0 Å². The lowest BCUT2D eigenvalue weighted by Crippen LogP contribution is -1.97. The van der Waals surface area contributed by atoms with Crippen molar-refractivity contribution in [3.8, 4) is 33.2 Å². The van der Waals surface area contributed by atoms with Crippen molar-refractivity contribution in [2.24, 2.45) is 0 Å². The average molecular weight is 452 g/mol. The molecular formula is C24H16N6O2S. The number of benzene rings is 2. The van der Waals surface area contributed by atoms with Crippen LogP contribution in [0.15, 0.2) is 90.4 Å². The SMILES string of the molecule is O=[N+]([O-])c1cccc(-c2ccc(Nc3cccc(-c4csc(-c5ccccn5)n4)c3)nn2)c1. The van der Waals surface area contributed by atoms with Gasteiger partial charge in [-0.3, -0.25) is 15.1 Å². The molecule has 5 aromatic rings. The molecule has 0 bridgehead atoms. The number of nitrogens with zero attached hydrogens (tertiary/aromatic N) is 5. The van der Waals surface area contributed by atoms with E-state index in [-0.39, 0.29) is 5.69 Å². The second-order valence-corrected chi connectivity index (χ2v) is 7.93. The number of thiazole rings is 1. The van der Waals surface area contributed by atoms with Gasteiger partial charge in [0.15, 0.2) is 5.82 Å². The number of anilines is 2. The molecule has 0 unspecified atom stereocenters. The summed E-state index contributed by atoms with van der Waals surface area (Å²) in [5, 5.41) is 25.5. The zero-order valence-electron chi connectivity index (χ0n) is 17.1. The van der Waals surface area contributed by atoms with E-state index in [9.17, 15) is 10.1 Å². The third-order valence-corrected chi connectivity index (χ3v) is 5.70. The average Bonchev–Trinajstić information content (AvgIpc) is 3.36. The third-order valence-electron chi connectivity index (χ3n) is 4.84. The first-order valence-corrected chi connectivity index (χ1v) is 10.9. The van der Waals surface area contributed by atoms with Gasteiger partial charge in [-0.15, -0.1) is 21.5 Å². The molecule has 9 heteroatoms. The van der Waals surface area contributed by atoms with Gasteiger partial charge in [-0.1, -0.05) is 30.3 Å². The molecule has 8 nitrogen and oxygen atoms in total. The molecule has 0 spiro atoms. The Morgan fingerprint density at radius 1 is 0.818 bits per heavy atom. The third kappa shape index (κ3) is 4.58. The Bertz CT molecular complexity index is 1420. The van der Waals surface area contributed by atoms with E-state index in [2.05, 4.69) is 20.5 Å². The maximum Gasteiger partial charge on any atom is 0.270 e. The predicted octanol–water partition coefficient (Wildman–Crippen LogP) is 5.98. The van der Waals surface area contributed by atoms with Crippen LogP contribution in [-0.2, 0) is 0 Å². The smallest absolute Gasteiger partial charge is 0.270 e. The molecule has 0 atom stereocenters. The van der Waals surface area contributed by atoms with Gasteiger partial charge in [0, 0.05) is 40.5 Å². The Labute approximate surface area is 192 Å². The Morgan fingerprint density at radius 2 is 1.67 bits per heavy atom. The topological polar surface area (TPSA) is 107 Å². The lowest BCUT2D eigenvalue weighted by Gasteiger charge is -2.07. The van der Waals surface area contributed by atoms with Gasteiger partial charge >= 0.3 is 0 Å². The highest BCUT2D eigenvalue weighted by Crippen LogP contribution is 2.30. The monoisotopic (exact) mass is 452 g/mol. The maximum absolute atomic E-state index is 11.0. The summed E-state index contributed by atoms with van der Waals surface area (Å²) in [5.41, 5.74) is 4.75. The minimum Gasteiger partial charge on any atom is -0.339 e. The molecule has 0 aliphatic heterocycles. The Balaban J connectivity index is 1.34. The molecule has 0 saturated heterocycles. The summed E-state index contributed by atoms with van der Waals surface area (Å²) in [6.45, 7) is 0. The summed E-state index contributed by atoms with van der Waals surface area (Å²) in [5.74, 6) is 0.564. The van der Waals surface area contributed by atoms with E-state index in [1.54, 1.807) is 41.8 Å². The quantitative estimate of drug-likeness (QED) is 0.249. The van der Waals surface area contributed by atoms with Crippen LogP contribution in [0.25, 0.3) is 33.2 Å². The number of rotatable bonds is 6. The number of aromatic nitrogens is 4. The predicted molar refractivity (Wildman–Crippen MR) is 128 cm³/mol. The van der Waals surface area contributed by atoms with E-state index in [1.807, 2.05) is 47.8 Å². The molecule has 3 heterocycles. The van der Waals surface area contributed by atoms with E-state index in [4.69, 9.17) is 4.98 Å². The Hall–Kier alpha value is -4.50. The summed E-state index contributed by atoms with van der Waals surface area (Å²) >= 11 is 1.55. The Kier molecular flexibility index (Phi) is 5.52. The number of nitro groups is 1. The van der Waals surface area contributed by atoms with Crippen molar-refractivity contribution in [3.63, 3.8) is 0 Å². The van der Waals surface area contributed by atoms with Crippen molar-refractivity contribution in [3.05, 3.63) is 101 Å². The molecule has 5 rings (SSSR count). The normalized spacial score (nSPS) is 10.7. The van der Waals surface area contributed by atoms with Gasteiger partial charge < -0.3 is 5.32 Å². The standard InChI is InChI=1S/C24H16N6O2S/c31-30(32)19-8-4-6-17(14-19)20-10-11-23(29-28-20)26-18-7-3-5-16(13-18)22-15-33-24(27-22)21-9-1-2-12-25-21/h1-15H,(H,26,29). The number of non-ortho nitro benzene ring substituents is 1. The number of nitrogens with one attached hydrogen (secondary N) is 1. The van der Waals surface area contributed by atoms with E-state index < -0.39 is 4.92 Å². The number of hydrogen-bond donors (Lipinski definition) is 1. The highest BCUT2D eigenvalue weighted by molar-refractivity contribution is 7.13. The minimum atomic E-state index is -0.429.